The third kappa shape index (κ3) is 6.73. The number of hydrogen-bond acceptors (Lipinski definition) is 1. The molecule has 1 unspecified atom stereocenters. The SMILES string of the molecule is CC(C)S(=O)O.[Zn]. The van der Waals surface area contributed by atoms with Crippen molar-refractivity contribution in [3.05, 3.63) is 0 Å². The van der Waals surface area contributed by atoms with Crippen LogP contribution < -0.4 is 0 Å². The predicted molar refractivity (Wildman–Crippen MR) is 25.9 cm³/mol. The molecule has 0 rings (SSSR count). The van der Waals surface area contributed by atoms with E-state index in [0.717, 1.165) is 0 Å². The quantitative estimate of drug-likeness (QED) is 0.466. The Morgan fingerprint density at radius 1 is 1.57 bits per heavy atom. The summed E-state index contributed by atoms with van der Waals surface area (Å²) in [7, 11) is 0. The first-order chi connectivity index (χ1) is 2.64. The standard InChI is InChI=1S/C3H8O2S.Zn/c1-3(2)6(4)5;/h3H,1-2H3,(H,4,5);. The van der Waals surface area contributed by atoms with Gasteiger partial charge in [0.05, 0.1) is 5.25 Å². The molecule has 1 N–H and O–H groups in total. The van der Waals surface area contributed by atoms with Crippen molar-refractivity contribution in [2.24, 2.45) is 0 Å². The summed E-state index contributed by atoms with van der Waals surface area (Å²) in [5.74, 6) is 0. The molecule has 0 aliphatic heterocycles. The Balaban J connectivity index is 0. The van der Waals surface area contributed by atoms with Crippen LogP contribution in [0.25, 0.3) is 0 Å². The monoisotopic (exact) mass is 172 g/mol. The van der Waals surface area contributed by atoms with Crippen molar-refractivity contribution >= 4 is 11.1 Å². The number of rotatable bonds is 1. The molecule has 0 saturated carbocycles. The van der Waals surface area contributed by atoms with Crippen molar-refractivity contribution in [3.8, 4) is 0 Å². The van der Waals surface area contributed by atoms with Gasteiger partial charge in [-0.05, 0) is 13.8 Å². The molecule has 40 valence electrons. The third-order valence-corrected chi connectivity index (χ3v) is 1.21. The Hall–Kier alpha value is 0.733. The summed E-state index contributed by atoms with van der Waals surface area (Å²) in [6.45, 7) is 3.38. The molecule has 0 amide bonds. The van der Waals surface area contributed by atoms with Crippen LogP contribution in [-0.4, -0.2) is 14.0 Å². The van der Waals surface area contributed by atoms with Crippen LogP contribution in [0.5, 0.6) is 0 Å². The molecule has 0 aromatic carbocycles. The molecule has 0 aliphatic carbocycles. The van der Waals surface area contributed by atoms with Crippen molar-refractivity contribution in [2.45, 2.75) is 19.1 Å². The molecule has 4 heteroatoms. The summed E-state index contributed by atoms with van der Waals surface area (Å²) in [5, 5.41) is -0.120. The maximum atomic E-state index is 9.81. The molecule has 0 bridgehead atoms. The van der Waals surface area contributed by atoms with E-state index in [9.17, 15) is 4.21 Å². The molecule has 1 atom stereocenters. The first-order valence-corrected chi connectivity index (χ1v) is 2.91. The Morgan fingerprint density at radius 3 is 1.71 bits per heavy atom. The van der Waals surface area contributed by atoms with E-state index in [1.54, 1.807) is 13.8 Å². The fourth-order valence-electron chi connectivity index (χ4n) is 0. The average Bonchev–Trinajstić information content (AvgIpc) is 1.36. The zero-order valence-electron chi connectivity index (χ0n) is 4.55. The summed E-state index contributed by atoms with van der Waals surface area (Å²) >= 11 is -1.62. The van der Waals surface area contributed by atoms with Crippen LogP contribution in [0.3, 0.4) is 0 Å². The summed E-state index contributed by atoms with van der Waals surface area (Å²) in [6, 6.07) is 0. The molecule has 0 radical (unpaired) electrons. The molecular formula is C3H8O2SZn. The normalized spacial score (nSPS) is 13.1. The summed E-state index contributed by atoms with van der Waals surface area (Å²) in [6.07, 6.45) is 0. The average molecular weight is 174 g/mol. The minimum absolute atomic E-state index is 0. The Bertz CT molecular complexity index is 64.0. The zero-order chi connectivity index (χ0) is 5.15. The molecule has 7 heavy (non-hydrogen) atoms. The first-order valence-electron chi connectivity index (χ1n) is 1.74. The van der Waals surface area contributed by atoms with Gasteiger partial charge in [0.1, 0.15) is 0 Å². The van der Waals surface area contributed by atoms with Gasteiger partial charge in [0.2, 0.25) is 0 Å². The van der Waals surface area contributed by atoms with E-state index in [1.807, 2.05) is 0 Å². The van der Waals surface area contributed by atoms with Crippen LogP contribution in [-0.2, 0) is 30.6 Å². The van der Waals surface area contributed by atoms with Gasteiger partial charge >= 0.3 is 0 Å². The zero-order valence-corrected chi connectivity index (χ0v) is 8.33. The summed E-state index contributed by atoms with van der Waals surface area (Å²) < 4.78 is 17.9. The van der Waals surface area contributed by atoms with Crippen molar-refractivity contribution in [1.82, 2.24) is 0 Å². The fraction of sp³-hybridized carbons (Fsp3) is 1.00. The van der Waals surface area contributed by atoms with Gasteiger partial charge in [-0.3, -0.25) is 0 Å². The van der Waals surface area contributed by atoms with E-state index < -0.39 is 11.1 Å². The van der Waals surface area contributed by atoms with Crippen LogP contribution in [0, 0.1) is 0 Å². The van der Waals surface area contributed by atoms with E-state index in [-0.39, 0.29) is 24.7 Å². The van der Waals surface area contributed by atoms with Crippen LogP contribution in [0.2, 0.25) is 0 Å². The molecule has 0 fully saturated rings. The Labute approximate surface area is 58.7 Å². The van der Waals surface area contributed by atoms with E-state index >= 15 is 0 Å². The van der Waals surface area contributed by atoms with Crippen LogP contribution >= 0.6 is 0 Å². The van der Waals surface area contributed by atoms with E-state index in [2.05, 4.69) is 0 Å². The van der Waals surface area contributed by atoms with Crippen LogP contribution in [0.4, 0.5) is 0 Å². The largest absolute Gasteiger partial charge is 0.306 e. The van der Waals surface area contributed by atoms with Gasteiger partial charge < -0.3 is 4.55 Å². The molecule has 0 aromatic heterocycles. The van der Waals surface area contributed by atoms with Gasteiger partial charge in [-0.15, -0.1) is 0 Å². The van der Waals surface area contributed by atoms with Crippen LogP contribution in [0.15, 0.2) is 0 Å². The van der Waals surface area contributed by atoms with Crippen molar-refractivity contribution < 1.29 is 28.2 Å². The smallest absolute Gasteiger partial charge is 0.155 e. The van der Waals surface area contributed by atoms with Crippen LogP contribution in [0.1, 0.15) is 13.8 Å². The fourth-order valence-corrected chi connectivity index (χ4v) is 0. The predicted octanol–water partition coefficient (Wildman–Crippen LogP) is 0.614. The summed E-state index contributed by atoms with van der Waals surface area (Å²) in [5.41, 5.74) is 0. The van der Waals surface area contributed by atoms with Gasteiger partial charge in [0, 0.05) is 19.5 Å². The second kappa shape index (κ2) is 4.88. The second-order valence-electron chi connectivity index (χ2n) is 1.32. The van der Waals surface area contributed by atoms with Gasteiger partial charge in [0.25, 0.3) is 0 Å². The van der Waals surface area contributed by atoms with Gasteiger partial charge in [-0.2, -0.15) is 0 Å². The molecule has 2 nitrogen and oxygen atoms in total. The molecule has 0 aromatic rings. The maximum Gasteiger partial charge on any atom is 0.155 e. The van der Waals surface area contributed by atoms with E-state index in [1.165, 1.54) is 0 Å². The topological polar surface area (TPSA) is 37.3 Å². The molecule has 0 heterocycles. The molecular weight excluding hydrogens is 165 g/mol. The molecule has 0 saturated heterocycles. The maximum absolute atomic E-state index is 9.81. The van der Waals surface area contributed by atoms with Crippen molar-refractivity contribution in [3.63, 3.8) is 0 Å². The van der Waals surface area contributed by atoms with Gasteiger partial charge in [0.15, 0.2) is 11.1 Å². The summed E-state index contributed by atoms with van der Waals surface area (Å²) in [4.78, 5) is 0. The second-order valence-corrected chi connectivity index (χ2v) is 2.82. The minimum atomic E-state index is -1.62. The number of hydrogen-bond donors (Lipinski definition) is 1. The van der Waals surface area contributed by atoms with Gasteiger partial charge in [-0.25, -0.2) is 4.21 Å². The Kier molecular flexibility index (Phi) is 7.44. The van der Waals surface area contributed by atoms with Crippen molar-refractivity contribution in [2.75, 3.05) is 0 Å². The van der Waals surface area contributed by atoms with E-state index in [0.29, 0.717) is 0 Å². The van der Waals surface area contributed by atoms with Crippen molar-refractivity contribution in [1.29, 1.82) is 0 Å². The van der Waals surface area contributed by atoms with E-state index in [4.69, 9.17) is 4.55 Å². The molecule has 0 spiro atoms. The third-order valence-electron chi connectivity index (χ3n) is 0.403. The van der Waals surface area contributed by atoms with Gasteiger partial charge in [-0.1, -0.05) is 0 Å². The first kappa shape index (κ1) is 10.7. The molecule has 0 aliphatic rings. The minimum Gasteiger partial charge on any atom is -0.306 e. The Morgan fingerprint density at radius 2 is 1.71 bits per heavy atom.